The molecule has 0 saturated heterocycles. The Hall–Kier alpha value is -1.46. The quantitative estimate of drug-likeness (QED) is 0.776. The summed E-state index contributed by atoms with van der Waals surface area (Å²) in [6, 6.07) is 6.18. The van der Waals surface area contributed by atoms with Gasteiger partial charge in [-0.1, -0.05) is 12.1 Å². The number of hydrogen-bond donors (Lipinski definition) is 0. The summed E-state index contributed by atoms with van der Waals surface area (Å²) in [5.74, 6) is -0.285. The lowest BCUT2D eigenvalue weighted by atomic mass is 10.1. The molecule has 0 aliphatic carbocycles. The Kier molecular flexibility index (Phi) is 2.65. The van der Waals surface area contributed by atoms with Crippen LogP contribution in [0.1, 0.15) is 10.4 Å². The molecule has 5 heteroatoms. The molecule has 16 heavy (non-hydrogen) atoms. The summed E-state index contributed by atoms with van der Waals surface area (Å²) in [6.45, 7) is 0.00635. The van der Waals surface area contributed by atoms with Crippen LogP contribution in [-0.4, -0.2) is 27.9 Å². The molecule has 0 spiro atoms. The molecule has 1 aliphatic heterocycles. The van der Waals surface area contributed by atoms with Crippen LogP contribution in [0.5, 0.6) is 0 Å². The lowest BCUT2D eigenvalue weighted by Gasteiger charge is -2.15. The number of carbonyl (C=O) groups excluding carboxylic acids is 1. The van der Waals surface area contributed by atoms with Gasteiger partial charge < -0.3 is 4.74 Å². The summed E-state index contributed by atoms with van der Waals surface area (Å²) in [5, 5.41) is 0.987. The number of ether oxygens (including phenoxy) is 1. The maximum atomic E-state index is 11.9. The van der Waals surface area contributed by atoms with E-state index in [1.165, 1.54) is 19.2 Å². The van der Waals surface area contributed by atoms with E-state index in [-0.39, 0.29) is 28.4 Å². The van der Waals surface area contributed by atoms with Gasteiger partial charge in [0, 0.05) is 23.7 Å². The highest BCUT2D eigenvalue weighted by molar-refractivity contribution is 7.94. The van der Waals surface area contributed by atoms with Crippen molar-refractivity contribution < 1.29 is 17.9 Å². The Morgan fingerprint density at radius 1 is 1.25 bits per heavy atom. The molecule has 84 valence electrons. The fourth-order valence-electron chi connectivity index (χ4n) is 1.63. The number of fused-ring (bicyclic) bond motifs is 1. The molecule has 0 N–H and O–H groups in total. The number of ketones is 1. The molecule has 2 rings (SSSR count). The molecule has 0 atom stereocenters. The van der Waals surface area contributed by atoms with E-state index in [4.69, 9.17) is 4.74 Å². The zero-order valence-corrected chi connectivity index (χ0v) is 9.45. The molecule has 0 unspecified atom stereocenters. The Morgan fingerprint density at radius 3 is 2.62 bits per heavy atom. The number of Topliss-reactive ketones (excluding diaryl/α,β-unsaturated/α-hetero) is 1. The van der Waals surface area contributed by atoms with Gasteiger partial charge in [0.15, 0.2) is 5.78 Å². The van der Waals surface area contributed by atoms with Crippen molar-refractivity contribution in [1.82, 2.24) is 0 Å². The Labute approximate surface area is 93.5 Å². The molecule has 0 bridgehead atoms. The van der Waals surface area contributed by atoms with Gasteiger partial charge in [-0.15, -0.1) is 0 Å². The van der Waals surface area contributed by atoms with E-state index in [2.05, 4.69) is 0 Å². The van der Waals surface area contributed by atoms with E-state index in [0.717, 1.165) is 5.41 Å². The molecule has 1 aromatic carbocycles. The van der Waals surface area contributed by atoms with Crippen LogP contribution in [0.2, 0.25) is 0 Å². The highest BCUT2D eigenvalue weighted by Crippen LogP contribution is 2.26. The second kappa shape index (κ2) is 3.84. The van der Waals surface area contributed by atoms with Gasteiger partial charge >= 0.3 is 0 Å². The lowest BCUT2D eigenvalue weighted by molar-refractivity contribution is 0.100. The van der Waals surface area contributed by atoms with E-state index < -0.39 is 9.84 Å². The Morgan fingerprint density at radius 2 is 1.94 bits per heavy atom. The van der Waals surface area contributed by atoms with Crippen LogP contribution in [0, 0.1) is 0 Å². The van der Waals surface area contributed by atoms with Crippen LogP contribution in [0.25, 0.3) is 0 Å². The molecule has 4 nitrogen and oxygen atoms in total. The van der Waals surface area contributed by atoms with Crippen LogP contribution in [0.3, 0.4) is 0 Å². The van der Waals surface area contributed by atoms with Gasteiger partial charge in [-0.05, 0) is 12.1 Å². The number of sulfone groups is 1. The van der Waals surface area contributed by atoms with Gasteiger partial charge in [-0.2, -0.15) is 0 Å². The fourth-order valence-corrected chi connectivity index (χ4v) is 3.05. The Balaban J connectivity index is 2.64. The van der Waals surface area contributed by atoms with E-state index in [0.29, 0.717) is 0 Å². The first kappa shape index (κ1) is 11.0. The van der Waals surface area contributed by atoms with Crippen LogP contribution in [0.15, 0.2) is 40.1 Å². The molecular weight excluding hydrogens is 228 g/mol. The largest absolute Gasteiger partial charge is 0.380 e. The van der Waals surface area contributed by atoms with Gasteiger partial charge in [0.25, 0.3) is 0 Å². The van der Waals surface area contributed by atoms with Crippen molar-refractivity contribution in [2.24, 2.45) is 0 Å². The van der Waals surface area contributed by atoms with Gasteiger partial charge in [-0.25, -0.2) is 8.42 Å². The predicted molar refractivity (Wildman–Crippen MR) is 57.9 cm³/mol. The number of methoxy groups -OCH3 is 1. The minimum atomic E-state index is -3.51. The topological polar surface area (TPSA) is 60.4 Å². The average molecular weight is 238 g/mol. The first-order chi connectivity index (χ1) is 7.56. The molecule has 0 saturated carbocycles. The van der Waals surface area contributed by atoms with Crippen LogP contribution in [0.4, 0.5) is 0 Å². The maximum absolute atomic E-state index is 11.9. The zero-order valence-electron chi connectivity index (χ0n) is 8.64. The molecule has 1 heterocycles. The number of hydrogen-bond acceptors (Lipinski definition) is 4. The molecule has 0 radical (unpaired) electrons. The normalized spacial score (nSPS) is 17.8. The number of carbonyl (C=O) groups is 1. The number of rotatable bonds is 2. The van der Waals surface area contributed by atoms with Gasteiger partial charge in [0.05, 0.1) is 11.5 Å². The lowest BCUT2D eigenvalue weighted by Crippen LogP contribution is -2.19. The van der Waals surface area contributed by atoms with Gasteiger partial charge in [-0.3, -0.25) is 4.79 Å². The molecule has 0 fully saturated rings. The van der Waals surface area contributed by atoms with E-state index in [1.54, 1.807) is 12.1 Å². The van der Waals surface area contributed by atoms with Crippen molar-refractivity contribution in [3.8, 4) is 0 Å². The molecule has 1 aliphatic rings. The number of benzene rings is 1. The minimum Gasteiger partial charge on any atom is -0.380 e. The third-order valence-corrected chi connectivity index (χ3v) is 3.89. The first-order valence-corrected chi connectivity index (χ1v) is 6.19. The standard InChI is InChI=1S/C11H10O4S/c1-15-6-8-7-16(13,14)10-5-3-2-4-9(10)11(8)12/h2-5,7H,6H2,1H3. The predicted octanol–water partition coefficient (Wildman–Crippen LogP) is 1.19. The van der Waals surface area contributed by atoms with Crippen molar-refractivity contribution in [1.29, 1.82) is 0 Å². The highest BCUT2D eigenvalue weighted by atomic mass is 32.2. The van der Waals surface area contributed by atoms with E-state index in [9.17, 15) is 13.2 Å². The monoisotopic (exact) mass is 238 g/mol. The summed E-state index contributed by atoms with van der Waals surface area (Å²) in [7, 11) is -2.09. The zero-order chi connectivity index (χ0) is 11.8. The van der Waals surface area contributed by atoms with Crippen molar-refractivity contribution in [2.45, 2.75) is 4.90 Å². The summed E-state index contributed by atoms with van der Waals surface area (Å²) in [4.78, 5) is 12.0. The van der Waals surface area contributed by atoms with Crippen molar-refractivity contribution in [2.75, 3.05) is 13.7 Å². The van der Waals surface area contributed by atoms with Gasteiger partial charge in [0.2, 0.25) is 9.84 Å². The second-order valence-corrected chi connectivity index (χ2v) is 5.21. The highest BCUT2D eigenvalue weighted by Gasteiger charge is 2.29. The van der Waals surface area contributed by atoms with E-state index in [1.807, 2.05) is 0 Å². The van der Waals surface area contributed by atoms with Crippen LogP contribution < -0.4 is 0 Å². The summed E-state index contributed by atoms with van der Waals surface area (Å²) < 4.78 is 28.4. The smallest absolute Gasteiger partial charge is 0.201 e. The third-order valence-electron chi connectivity index (χ3n) is 2.33. The third kappa shape index (κ3) is 1.68. The summed E-state index contributed by atoms with van der Waals surface area (Å²) in [6.07, 6.45) is 0. The summed E-state index contributed by atoms with van der Waals surface area (Å²) in [5.41, 5.74) is 0.387. The molecule has 0 aromatic heterocycles. The first-order valence-electron chi connectivity index (χ1n) is 4.64. The maximum Gasteiger partial charge on any atom is 0.201 e. The van der Waals surface area contributed by atoms with Crippen molar-refractivity contribution in [3.05, 3.63) is 40.8 Å². The van der Waals surface area contributed by atoms with Crippen LogP contribution >= 0.6 is 0 Å². The fraction of sp³-hybridized carbons (Fsp3) is 0.182. The van der Waals surface area contributed by atoms with Crippen molar-refractivity contribution >= 4 is 15.6 Å². The SMILES string of the molecule is COCC1=CS(=O)(=O)c2ccccc2C1=O. The second-order valence-electron chi connectivity index (χ2n) is 3.45. The molecule has 1 aromatic rings. The van der Waals surface area contributed by atoms with Gasteiger partial charge in [0.1, 0.15) is 0 Å². The Bertz CT molecular complexity index is 569. The van der Waals surface area contributed by atoms with E-state index >= 15 is 0 Å². The minimum absolute atomic E-state index is 0.00635. The van der Waals surface area contributed by atoms with Crippen LogP contribution in [-0.2, 0) is 14.6 Å². The average Bonchev–Trinajstić information content (AvgIpc) is 2.26. The summed E-state index contributed by atoms with van der Waals surface area (Å²) >= 11 is 0. The van der Waals surface area contributed by atoms with Crippen molar-refractivity contribution in [3.63, 3.8) is 0 Å². The molecular formula is C11H10O4S. The molecule has 0 amide bonds.